The molecule has 0 spiro atoms. The number of fused-ring (bicyclic) bond motifs is 6. The molecule has 47 heavy (non-hydrogen) atoms. The Kier molecular flexibility index (Phi) is 7.69. The predicted octanol–water partition coefficient (Wildman–Crippen LogP) is 11.0. The predicted molar refractivity (Wildman–Crippen MR) is 193 cm³/mol. The largest absolute Gasteiger partial charge is 0.510 e. The molecule has 0 aliphatic carbocycles. The molecule has 8 heteroatoms. The molecular weight excluding hydrogens is 800 g/mol. The second-order valence-corrected chi connectivity index (χ2v) is 13.2. The van der Waals surface area contributed by atoms with Crippen molar-refractivity contribution in [3.05, 3.63) is 147 Å². The van der Waals surface area contributed by atoms with Crippen molar-refractivity contribution in [3.8, 4) is 11.5 Å². The van der Waals surface area contributed by atoms with E-state index in [1.165, 1.54) is 20.2 Å². The quantitative estimate of drug-likeness (QED) is 0.156. The van der Waals surface area contributed by atoms with E-state index in [0.717, 1.165) is 43.1 Å². The van der Waals surface area contributed by atoms with Crippen LogP contribution in [0.2, 0.25) is 0 Å². The number of ether oxygens (including phenoxy) is 1. The fourth-order valence-electron chi connectivity index (χ4n) is 6.01. The summed E-state index contributed by atoms with van der Waals surface area (Å²) in [6.45, 7) is 2.04. The first-order valence-corrected chi connectivity index (χ1v) is 16.6. The van der Waals surface area contributed by atoms with Crippen molar-refractivity contribution < 1.29 is 25.8 Å². The van der Waals surface area contributed by atoms with Crippen LogP contribution in [0.3, 0.4) is 0 Å². The number of aromatic nitrogens is 1. The molecule has 0 saturated carbocycles. The van der Waals surface area contributed by atoms with E-state index >= 15 is 0 Å². The van der Waals surface area contributed by atoms with E-state index in [9.17, 15) is 0 Å². The molecule has 8 aromatic rings. The van der Waals surface area contributed by atoms with Crippen LogP contribution in [0.25, 0.3) is 40.3 Å². The zero-order chi connectivity index (χ0) is 30.6. The number of pyridine rings is 1. The van der Waals surface area contributed by atoms with Crippen LogP contribution < -0.4 is 14.5 Å². The minimum atomic E-state index is 0. The van der Waals surface area contributed by atoms with E-state index < -0.39 is 0 Å². The fraction of sp³-hybridized carbons (Fsp3) is 0.0256. The van der Waals surface area contributed by atoms with Crippen LogP contribution >= 0.6 is 22.7 Å². The first-order valence-electron chi connectivity index (χ1n) is 14.9. The molecule has 0 atom stereocenters. The Morgan fingerprint density at radius 3 is 2.11 bits per heavy atom. The zero-order valence-electron chi connectivity index (χ0n) is 25.0. The van der Waals surface area contributed by atoms with Gasteiger partial charge in [0.05, 0.1) is 0 Å². The molecule has 5 aromatic carbocycles. The fourth-order valence-corrected chi connectivity index (χ4v) is 8.30. The molecule has 232 valence electrons. The molecule has 4 heterocycles. The van der Waals surface area contributed by atoms with Crippen molar-refractivity contribution >= 4 is 85.9 Å². The standard InChI is InChI=1S/C39H25N4OS2.Pt/c1-41-19-20-42(25-41)27-21-31-29-13-5-8-16-36(29)46-39(31)34(22-27)44-28-23-32-30-14-6-7-15-35(30)45-38(32)33(24-28)43(26-11-3-2-4-12-26)37-17-9-10-18-40-37;/h2-21,23,25H,1H3;/q-3;. The molecule has 5 nitrogen and oxygen atoms in total. The number of rotatable bonds is 6. The minimum absolute atomic E-state index is 0. The molecule has 3 aromatic heterocycles. The summed E-state index contributed by atoms with van der Waals surface area (Å²) in [5, 5.41) is 4.64. The van der Waals surface area contributed by atoms with Crippen LogP contribution in [0.1, 0.15) is 0 Å². The van der Waals surface area contributed by atoms with Gasteiger partial charge in [-0.05, 0) is 77.0 Å². The van der Waals surface area contributed by atoms with Gasteiger partial charge in [0.2, 0.25) is 0 Å². The van der Waals surface area contributed by atoms with Gasteiger partial charge < -0.3 is 19.4 Å². The summed E-state index contributed by atoms with van der Waals surface area (Å²) in [6.07, 6.45) is 5.89. The summed E-state index contributed by atoms with van der Waals surface area (Å²) < 4.78 is 11.5. The second kappa shape index (κ2) is 12.2. The summed E-state index contributed by atoms with van der Waals surface area (Å²) in [5.41, 5.74) is 2.79. The molecule has 0 amide bonds. The van der Waals surface area contributed by atoms with E-state index in [4.69, 9.17) is 9.72 Å². The van der Waals surface area contributed by atoms with Gasteiger partial charge in [-0.2, -0.15) is 6.67 Å². The Bertz CT molecular complexity index is 2380. The first kappa shape index (κ1) is 29.7. The third-order valence-corrected chi connectivity index (χ3v) is 10.5. The molecule has 9 rings (SSSR count). The maximum Gasteiger partial charge on any atom is 0.135 e. The Morgan fingerprint density at radius 2 is 1.40 bits per heavy atom. The van der Waals surface area contributed by atoms with Gasteiger partial charge >= 0.3 is 0 Å². The Labute approximate surface area is 294 Å². The topological polar surface area (TPSA) is 31.8 Å². The van der Waals surface area contributed by atoms with Gasteiger partial charge in [-0.15, -0.1) is 40.7 Å². The smallest absolute Gasteiger partial charge is 0.135 e. The summed E-state index contributed by atoms with van der Waals surface area (Å²) >= 11 is 3.49. The molecule has 1 aliphatic rings. The van der Waals surface area contributed by atoms with Crippen molar-refractivity contribution in [1.82, 2.24) is 9.88 Å². The maximum absolute atomic E-state index is 6.92. The Hall–Kier alpha value is -4.68. The van der Waals surface area contributed by atoms with E-state index in [-0.39, 0.29) is 21.1 Å². The molecule has 0 bridgehead atoms. The summed E-state index contributed by atoms with van der Waals surface area (Å²) in [7, 11) is 2.02. The number of para-hydroxylation sites is 1. The molecule has 0 radical (unpaired) electrons. The Balaban J connectivity index is 0.00000324. The van der Waals surface area contributed by atoms with Gasteiger partial charge in [-0.25, -0.2) is 27.7 Å². The zero-order valence-corrected chi connectivity index (χ0v) is 28.9. The SMILES string of the molecule is CN1C=CN(c2[c-]c(Oc3[c-]c(N(c4ccccc4)c4ccccn4)c4sc5ccccc5c4c3)c3sc4ccccc4c3c2)[CH-]1.[Pt]. The molecule has 0 unspecified atom stereocenters. The van der Waals surface area contributed by atoms with Crippen LogP contribution in [0.4, 0.5) is 22.9 Å². The van der Waals surface area contributed by atoms with E-state index in [1.54, 1.807) is 22.7 Å². The number of thiophene rings is 2. The molecule has 1 aliphatic heterocycles. The van der Waals surface area contributed by atoms with Gasteiger partial charge in [0.1, 0.15) is 5.82 Å². The summed E-state index contributed by atoms with van der Waals surface area (Å²) in [5.74, 6) is 2.10. The molecule has 0 N–H and O–H groups in total. The second-order valence-electron chi connectivity index (χ2n) is 11.1. The van der Waals surface area contributed by atoms with Crippen molar-refractivity contribution in [3.63, 3.8) is 0 Å². The summed E-state index contributed by atoms with van der Waals surface area (Å²) in [6, 6.07) is 45.0. The number of anilines is 4. The van der Waals surface area contributed by atoms with E-state index in [1.807, 2.05) is 73.6 Å². The van der Waals surface area contributed by atoms with E-state index in [0.29, 0.717) is 11.5 Å². The average Bonchev–Trinajstić information content (AvgIpc) is 3.81. The van der Waals surface area contributed by atoms with Crippen molar-refractivity contribution in [1.29, 1.82) is 0 Å². The Morgan fingerprint density at radius 1 is 0.723 bits per heavy atom. The van der Waals surface area contributed by atoms with Gasteiger partial charge in [0.25, 0.3) is 0 Å². The normalized spacial score (nSPS) is 12.8. The van der Waals surface area contributed by atoms with Crippen molar-refractivity contribution in [2.45, 2.75) is 0 Å². The van der Waals surface area contributed by atoms with Crippen molar-refractivity contribution in [2.75, 3.05) is 16.8 Å². The minimum Gasteiger partial charge on any atom is -0.510 e. The molecular formula is C39H25N4OPtS2-3. The number of nitrogens with zero attached hydrogens (tertiary/aromatic N) is 4. The maximum atomic E-state index is 6.92. The van der Waals surface area contributed by atoms with E-state index in [2.05, 4.69) is 94.7 Å². The first-order chi connectivity index (χ1) is 22.7. The van der Waals surface area contributed by atoms with Crippen LogP contribution in [0.15, 0.2) is 128 Å². The van der Waals surface area contributed by atoms with Crippen molar-refractivity contribution in [2.24, 2.45) is 0 Å². The average molecular weight is 825 g/mol. The molecule has 0 saturated heterocycles. The van der Waals surface area contributed by atoms with Gasteiger partial charge in [0, 0.05) is 53.8 Å². The van der Waals surface area contributed by atoms with Gasteiger partial charge in [0.15, 0.2) is 0 Å². The van der Waals surface area contributed by atoms with Crippen LogP contribution in [-0.2, 0) is 21.1 Å². The van der Waals surface area contributed by atoms with Gasteiger partial charge in [-0.3, -0.25) is 0 Å². The monoisotopic (exact) mass is 824 g/mol. The van der Waals surface area contributed by atoms with Crippen LogP contribution in [0, 0.1) is 18.8 Å². The van der Waals surface area contributed by atoms with Gasteiger partial charge in [-0.1, -0.05) is 65.4 Å². The third kappa shape index (κ3) is 5.25. The van der Waals surface area contributed by atoms with Crippen LogP contribution in [0.5, 0.6) is 11.5 Å². The number of hydrogen-bond acceptors (Lipinski definition) is 7. The molecule has 0 fully saturated rings. The number of benzene rings is 5. The summed E-state index contributed by atoms with van der Waals surface area (Å²) in [4.78, 5) is 11.0. The van der Waals surface area contributed by atoms with Crippen LogP contribution in [-0.4, -0.2) is 16.9 Å². The number of hydrogen-bond donors (Lipinski definition) is 0. The third-order valence-electron chi connectivity index (χ3n) is 8.10.